The van der Waals surface area contributed by atoms with Crippen LogP contribution in [0.4, 0.5) is 5.69 Å². The van der Waals surface area contributed by atoms with Crippen LogP contribution in [0.5, 0.6) is 0 Å². The van der Waals surface area contributed by atoms with Gasteiger partial charge in [0.2, 0.25) is 0 Å². The van der Waals surface area contributed by atoms with Gasteiger partial charge in [0.25, 0.3) is 0 Å². The summed E-state index contributed by atoms with van der Waals surface area (Å²) in [4.78, 5) is 2.34. The smallest absolute Gasteiger partial charge is 0.0931 e. The SMILES string of the molecule is COCC(CN1Cc2cccc(N)c2C1)OC. The van der Waals surface area contributed by atoms with Crippen molar-refractivity contribution in [1.29, 1.82) is 0 Å². The molecule has 1 atom stereocenters. The molecule has 1 aromatic carbocycles. The average Bonchev–Trinajstić information content (AvgIpc) is 2.72. The van der Waals surface area contributed by atoms with Gasteiger partial charge in [0.1, 0.15) is 0 Å². The molecule has 2 rings (SSSR count). The fourth-order valence-corrected chi connectivity index (χ4v) is 2.31. The summed E-state index contributed by atoms with van der Waals surface area (Å²) >= 11 is 0. The summed E-state index contributed by atoms with van der Waals surface area (Å²) in [6.07, 6.45) is 0.121. The van der Waals surface area contributed by atoms with Gasteiger partial charge in [-0.3, -0.25) is 4.90 Å². The molecule has 0 spiro atoms. The van der Waals surface area contributed by atoms with Crippen LogP contribution in [0.1, 0.15) is 11.1 Å². The van der Waals surface area contributed by atoms with E-state index in [1.807, 2.05) is 12.1 Å². The number of hydrogen-bond acceptors (Lipinski definition) is 4. The van der Waals surface area contributed by atoms with Gasteiger partial charge in [-0.2, -0.15) is 0 Å². The highest BCUT2D eigenvalue weighted by Gasteiger charge is 2.23. The summed E-state index contributed by atoms with van der Waals surface area (Å²) < 4.78 is 10.5. The number of ether oxygens (including phenoxy) is 2. The van der Waals surface area contributed by atoms with E-state index < -0.39 is 0 Å². The van der Waals surface area contributed by atoms with Crippen molar-refractivity contribution in [2.24, 2.45) is 0 Å². The summed E-state index contributed by atoms with van der Waals surface area (Å²) in [5, 5.41) is 0. The van der Waals surface area contributed by atoms with E-state index in [0.29, 0.717) is 6.61 Å². The molecule has 0 bridgehead atoms. The molecule has 4 heteroatoms. The van der Waals surface area contributed by atoms with E-state index in [9.17, 15) is 0 Å². The Labute approximate surface area is 102 Å². The highest BCUT2D eigenvalue weighted by atomic mass is 16.5. The number of anilines is 1. The number of rotatable bonds is 5. The lowest BCUT2D eigenvalue weighted by atomic mass is 10.1. The van der Waals surface area contributed by atoms with Crippen molar-refractivity contribution >= 4 is 5.69 Å². The first kappa shape index (κ1) is 12.4. The molecule has 0 radical (unpaired) electrons. The molecule has 0 saturated heterocycles. The highest BCUT2D eigenvalue weighted by molar-refractivity contribution is 5.52. The molecule has 0 amide bonds. The number of fused-ring (bicyclic) bond motifs is 1. The van der Waals surface area contributed by atoms with Crippen LogP contribution in [0, 0.1) is 0 Å². The summed E-state index contributed by atoms with van der Waals surface area (Å²) in [6.45, 7) is 3.35. The zero-order valence-corrected chi connectivity index (χ0v) is 10.5. The number of nitrogens with zero attached hydrogens (tertiary/aromatic N) is 1. The van der Waals surface area contributed by atoms with Crippen molar-refractivity contribution in [3.63, 3.8) is 0 Å². The zero-order valence-electron chi connectivity index (χ0n) is 10.5. The lowest BCUT2D eigenvalue weighted by Gasteiger charge is -2.21. The van der Waals surface area contributed by atoms with Crippen LogP contribution in [0.15, 0.2) is 18.2 Å². The Morgan fingerprint density at radius 1 is 1.35 bits per heavy atom. The zero-order chi connectivity index (χ0) is 12.3. The second-order valence-corrected chi connectivity index (χ2v) is 4.47. The topological polar surface area (TPSA) is 47.7 Å². The highest BCUT2D eigenvalue weighted by Crippen LogP contribution is 2.27. The molecule has 1 unspecified atom stereocenters. The van der Waals surface area contributed by atoms with E-state index in [0.717, 1.165) is 25.3 Å². The lowest BCUT2D eigenvalue weighted by molar-refractivity contribution is 0.00523. The lowest BCUT2D eigenvalue weighted by Crippen LogP contribution is -2.32. The van der Waals surface area contributed by atoms with Gasteiger partial charge in [-0.1, -0.05) is 12.1 Å². The fraction of sp³-hybridized carbons (Fsp3) is 0.538. The molecule has 1 heterocycles. The minimum atomic E-state index is 0.121. The van der Waals surface area contributed by atoms with E-state index in [-0.39, 0.29) is 6.10 Å². The summed E-state index contributed by atoms with van der Waals surface area (Å²) in [5.41, 5.74) is 9.46. The molecule has 0 fully saturated rings. The van der Waals surface area contributed by atoms with Crippen LogP contribution in [0.2, 0.25) is 0 Å². The third kappa shape index (κ3) is 2.77. The van der Waals surface area contributed by atoms with Gasteiger partial charge < -0.3 is 15.2 Å². The van der Waals surface area contributed by atoms with Crippen LogP contribution in [0.3, 0.4) is 0 Å². The molecular weight excluding hydrogens is 216 g/mol. The molecule has 0 aromatic heterocycles. The molecule has 94 valence electrons. The van der Waals surface area contributed by atoms with Crippen LogP contribution in [-0.2, 0) is 22.6 Å². The standard InChI is InChI=1S/C13H20N2O2/c1-16-9-11(17-2)7-15-6-10-4-3-5-13(14)12(10)8-15/h3-5,11H,6-9,14H2,1-2H3. The van der Waals surface area contributed by atoms with Gasteiger partial charge in [-0.15, -0.1) is 0 Å². The fourth-order valence-electron chi connectivity index (χ4n) is 2.31. The quantitative estimate of drug-likeness (QED) is 0.782. The van der Waals surface area contributed by atoms with Crippen LogP contribution in [0.25, 0.3) is 0 Å². The molecule has 0 saturated carbocycles. The first-order chi connectivity index (χ1) is 8.24. The Hall–Kier alpha value is -1.10. The van der Waals surface area contributed by atoms with Crippen LogP contribution >= 0.6 is 0 Å². The van der Waals surface area contributed by atoms with E-state index in [4.69, 9.17) is 15.2 Å². The largest absolute Gasteiger partial charge is 0.398 e. The minimum Gasteiger partial charge on any atom is -0.398 e. The first-order valence-corrected chi connectivity index (χ1v) is 5.85. The van der Waals surface area contributed by atoms with E-state index in [2.05, 4.69) is 11.0 Å². The van der Waals surface area contributed by atoms with Crippen molar-refractivity contribution in [2.75, 3.05) is 33.1 Å². The average molecular weight is 236 g/mol. The minimum absolute atomic E-state index is 0.121. The molecule has 2 N–H and O–H groups in total. The molecule has 1 aliphatic rings. The van der Waals surface area contributed by atoms with Crippen molar-refractivity contribution in [3.05, 3.63) is 29.3 Å². The number of hydrogen-bond donors (Lipinski definition) is 1. The number of nitrogen functional groups attached to an aromatic ring is 1. The van der Waals surface area contributed by atoms with Gasteiger partial charge in [0.05, 0.1) is 12.7 Å². The molecule has 1 aromatic rings. The normalized spacial score (nSPS) is 17.1. The van der Waals surface area contributed by atoms with Gasteiger partial charge in [0.15, 0.2) is 0 Å². The second kappa shape index (κ2) is 5.49. The Morgan fingerprint density at radius 2 is 2.18 bits per heavy atom. The monoisotopic (exact) mass is 236 g/mol. The predicted molar refractivity (Wildman–Crippen MR) is 67.6 cm³/mol. The molecule has 0 aliphatic carbocycles. The molecule has 4 nitrogen and oxygen atoms in total. The van der Waals surface area contributed by atoms with Crippen LogP contribution < -0.4 is 5.73 Å². The van der Waals surface area contributed by atoms with Gasteiger partial charge >= 0.3 is 0 Å². The van der Waals surface area contributed by atoms with Gasteiger partial charge in [-0.05, 0) is 17.2 Å². The van der Waals surface area contributed by atoms with Crippen molar-refractivity contribution in [3.8, 4) is 0 Å². The van der Waals surface area contributed by atoms with E-state index in [1.54, 1.807) is 14.2 Å². The predicted octanol–water partition coefficient (Wildman–Crippen LogP) is 1.25. The number of benzene rings is 1. The maximum absolute atomic E-state index is 5.97. The molecular formula is C13H20N2O2. The summed E-state index contributed by atoms with van der Waals surface area (Å²) in [7, 11) is 3.42. The van der Waals surface area contributed by atoms with Gasteiger partial charge in [-0.25, -0.2) is 0 Å². The summed E-state index contributed by atoms with van der Waals surface area (Å²) in [6, 6.07) is 6.12. The molecule has 1 aliphatic heterocycles. The Morgan fingerprint density at radius 3 is 2.82 bits per heavy atom. The Balaban J connectivity index is 1.98. The second-order valence-electron chi connectivity index (χ2n) is 4.47. The van der Waals surface area contributed by atoms with E-state index >= 15 is 0 Å². The van der Waals surface area contributed by atoms with E-state index in [1.165, 1.54) is 11.1 Å². The Bertz CT molecular complexity index is 382. The molecule has 17 heavy (non-hydrogen) atoms. The van der Waals surface area contributed by atoms with Crippen molar-refractivity contribution in [1.82, 2.24) is 4.90 Å². The van der Waals surface area contributed by atoms with Crippen LogP contribution in [-0.4, -0.2) is 38.4 Å². The Kier molecular flexibility index (Phi) is 3.99. The number of nitrogens with two attached hydrogens (primary N) is 1. The maximum atomic E-state index is 5.97. The van der Waals surface area contributed by atoms with Gasteiger partial charge in [0, 0.05) is 39.5 Å². The van der Waals surface area contributed by atoms with Crippen molar-refractivity contribution < 1.29 is 9.47 Å². The first-order valence-electron chi connectivity index (χ1n) is 5.85. The third-order valence-electron chi connectivity index (χ3n) is 3.23. The maximum Gasteiger partial charge on any atom is 0.0931 e. The summed E-state index contributed by atoms with van der Waals surface area (Å²) in [5.74, 6) is 0. The van der Waals surface area contributed by atoms with Crippen molar-refractivity contribution in [2.45, 2.75) is 19.2 Å². The third-order valence-corrected chi connectivity index (χ3v) is 3.23. The number of methoxy groups -OCH3 is 2.